The van der Waals surface area contributed by atoms with E-state index in [4.69, 9.17) is 0 Å². The molecule has 2 amide bonds. The lowest BCUT2D eigenvalue weighted by Crippen LogP contribution is -2.33. The zero-order valence-electron chi connectivity index (χ0n) is 14.3. The average molecular weight is 344 g/mol. The number of carbonyl (C=O) groups excluding carboxylic acids is 2. The van der Waals surface area contributed by atoms with Gasteiger partial charge in [0.15, 0.2) is 0 Å². The van der Waals surface area contributed by atoms with E-state index in [2.05, 4.69) is 24.5 Å². The first kappa shape index (κ1) is 18.2. The fourth-order valence-corrected chi connectivity index (χ4v) is 2.96. The van der Waals surface area contributed by atoms with E-state index in [0.29, 0.717) is 22.0 Å². The summed E-state index contributed by atoms with van der Waals surface area (Å²) < 4.78 is 0. The van der Waals surface area contributed by atoms with Gasteiger partial charge in [-0.25, -0.2) is 0 Å². The van der Waals surface area contributed by atoms with E-state index in [-0.39, 0.29) is 17.9 Å². The minimum Gasteiger partial charge on any atom is -0.350 e. The number of hydrogen-bond acceptors (Lipinski definition) is 3. The van der Waals surface area contributed by atoms with Crippen LogP contribution < -0.4 is 10.6 Å². The zero-order valence-corrected chi connectivity index (χ0v) is 15.2. The predicted octanol–water partition coefficient (Wildman–Crippen LogP) is 4.55. The molecule has 2 N–H and O–H groups in total. The number of carbonyl (C=O) groups is 2. The third kappa shape index (κ3) is 5.20. The van der Waals surface area contributed by atoms with Crippen LogP contribution in [-0.4, -0.2) is 17.9 Å². The molecule has 128 valence electrons. The molecule has 1 atom stereocenters. The normalized spacial score (nSPS) is 12.0. The van der Waals surface area contributed by atoms with Gasteiger partial charge in [0, 0.05) is 6.04 Å². The van der Waals surface area contributed by atoms with Crippen molar-refractivity contribution in [3.63, 3.8) is 0 Å². The number of benzene rings is 1. The van der Waals surface area contributed by atoms with E-state index in [1.165, 1.54) is 11.3 Å². The fourth-order valence-electron chi connectivity index (χ4n) is 2.34. The van der Waals surface area contributed by atoms with Crippen molar-refractivity contribution < 1.29 is 9.59 Å². The highest BCUT2D eigenvalue weighted by molar-refractivity contribution is 7.12. The van der Waals surface area contributed by atoms with Crippen molar-refractivity contribution in [2.75, 3.05) is 5.32 Å². The Morgan fingerprint density at radius 1 is 1.00 bits per heavy atom. The number of amides is 2. The standard InChI is InChI=1S/C19H24N2O2S/c1-13(2)10-11-14(3)20-18(22)15-7-4-5-8-16(15)21-19(23)17-9-6-12-24-17/h4-9,12-14H,10-11H2,1-3H3,(H,20,22)(H,21,23). The van der Waals surface area contributed by atoms with Crippen molar-refractivity contribution in [3.05, 3.63) is 52.2 Å². The zero-order chi connectivity index (χ0) is 17.5. The molecule has 24 heavy (non-hydrogen) atoms. The van der Waals surface area contributed by atoms with Crippen LogP contribution in [0.25, 0.3) is 0 Å². The summed E-state index contributed by atoms with van der Waals surface area (Å²) in [6.07, 6.45) is 2.01. The highest BCUT2D eigenvalue weighted by Crippen LogP contribution is 2.18. The molecule has 4 nitrogen and oxygen atoms in total. The van der Waals surface area contributed by atoms with Gasteiger partial charge in [0.1, 0.15) is 0 Å². The SMILES string of the molecule is CC(C)CCC(C)NC(=O)c1ccccc1NC(=O)c1cccs1. The topological polar surface area (TPSA) is 58.2 Å². The maximum absolute atomic E-state index is 12.5. The molecule has 0 aliphatic heterocycles. The first-order chi connectivity index (χ1) is 11.5. The Hall–Kier alpha value is -2.14. The highest BCUT2D eigenvalue weighted by atomic mass is 32.1. The van der Waals surface area contributed by atoms with E-state index < -0.39 is 0 Å². The number of thiophene rings is 1. The van der Waals surface area contributed by atoms with Gasteiger partial charge in [-0.15, -0.1) is 11.3 Å². The van der Waals surface area contributed by atoms with E-state index in [9.17, 15) is 9.59 Å². The fraction of sp³-hybridized carbons (Fsp3) is 0.368. The lowest BCUT2D eigenvalue weighted by molar-refractivity contribution is 0.0938. The molecular formula is C19H24N2O2S. The van der Waals surface area contributed by atoms with Crippen LogP contribution >= 0.6 is 11.3 Å². The summed E-state index contributed by atoms with van der Waals surface area (Å²) in [5, 5.41) is 7.69. The number of para-hydroxylation sites is 1. The second kappa shape index (κ2) is 8.64. The first-order valence-corrected chi connectivity index (χ1v) is 9.10. The molecule has 0 aliphatic rings. The van der Waals surface area contributed by atoms with E-state index in [1.54, 1.807) is 24.3 Å². The van der Waals surface area contributed by atoms with E-state index in [0.717, 1.165) is 12.8 Å². The monoisotopic (exact) mass is 344 g/mol. The molecule has 2 aromatic rings. The molecule has 0 radical (unpaired) electrons. The Bertz CT molecular complexity index is 680. The minimum absolute atomic E-state index is 0.0981. The molecular weight excluding hydrogens is 320 g/mol. The highest BCUT2D eigenvalue weighted by Gasteiger charge is 2.16. The Morgan fingerprint density at radius 3 is 2.42 bits per heavy atom. The van der Waals surface area contributed by atoms with Crippen molar-refractivity contribution in [2.45, 2.75) is 39.7 Å². The van der Waals surface area contributed by atoms with Crippen LogP contribution in [-0.2, 0) is 0 Å². The summed E-state index contributed by atoms with van der Waals surface area (Å²) in [7, 11) is 0. The molecule has 1 aromatic carbocycles. The first-order valence-electron chi connectivity index (χ1n) is 8.22. The number of anilines is 1. The smallest absolute Gasteiger partial charge is 0.265 e. The molecule has 0 fully saturated rings. The van der Waals surface area contributed by atoms with Crippen molar-refractivity contribution in [1.29, 1.82) is 0 Å². The molecule has 5 heteroatoms. The molecule has 1 heterocycles. The van der Waals surface area contributed by atoms with Crippen LogP contribution in [0.1, 0.15) is 53.6 Å². The summed E-state index contributed by atoms with van der Waals surface area (Å²) in [6.45, 7) is 6.35. The third-order valence-electron chi connectivity index (χ3n) is 3.72. The van der Waals surface area contributed by atoms with Crippen LogP contribution in [0.3, 0.4) is 0 Å². The molecule has 0 saturated carbocycles. The number of hydrogen-bond donors (Lipinski definition) is 2. The summed E-state index contributed by atoms with van der Waals surface area (Å²) in [5.74, 6) is 0.258. The summed E-state index contributed by atoms with van der Waals surface area (Å²) in [6, 6.07) is 10.8. The lowest BCUT2D eigenvalue weighted by atomic mass is 10.0. The van der Waals surface area contributed by atoms with Crippen molar-refractivity contribution in [1.82, 2.24) is 5.32 Å². The third-order valence-corrected chi connectivity index (χ3v) is 4.59. The van der Waals surface area contributed by atoms with Crippen molar-refractivity contribution in [3.8, 4) is 0 Å². The maximum Gasteiger partial charge on any atom is 0.265 e. The van der Waals surface area contributed by atoms with Crippen LogP contribution in [0.4, 0.5) is 5.69 Å². The Balaban J connectivity index is 2.05. The van der Waals surface area contributed by atoms with E-state index >= 15 is 0 Å². The Morgan fingerprint density at radius 2 is 1.75 bits per heavy atom. The molecule has 1 aromatic heterocycles. The largest absolute Gasteiger partial charge is 0.350 e. The van der Waals surface area contributed by atoms with Crippen molar-refractivity contribution >= 4 is 28.8 Å². The minimum atomic E-state index is -0.196. The van der Waals surface area contributed by atoms with Gasteiger partial charge in [-0.3, -0.25) is 9.59 Å². The summed E-state index contributed by atoms with van der Waals surface area (Å²) in [5.41, 5.74) is 1.02. The van der Waals surface area contributed by atoms with Crippen molar-refractivity contribution in [2.24, 2.45) is 5.92 Å². The van der Waals surface area contributed by atoms with Gasteiger partial charge >= 0.3 is 0 Å². The molecule has 0 spiro atoms. The van der Waals surface area contributed by atoms with E-state index in [1.807, 2.05) is 24.4 Å². The van der Waals surface area contributed by atoms with Gasteiger partial charge in [-0.05, 0) is 49.3 Å². The Kier molecular flexibility index (Phi) is 6.55. The molecule has 2 rings (SSSR count). The number of nitrogens with one attached hydrogen (secondary N) is 2. The predicted molar refractivity (Wildman–Crippen MR) is 99.7 cm³/mol. The lowest BCUT2D eigenvalue weighted by Gasteiger charge is -2.16. The van der Waals surface area contributed by atoms with Gasteiger partial charge in [0.05, 0.1) is 16.1 Å². The van der Waals surface area contributed by atoms with Gasteiger partial charge in [0.25, 0.3) is 11.8 Å². The van der Waals surface area contributed by atoms with Crippen LogP contribution in [0.15, 0.2) is 41.8 Å². The van der Waals surface area contributed by atoms with Crippen LogP contribution in [0.5, 0.6) is 0 Å². The Labute approximate surface area is 147 Å². The van der Waals surface area contributed by atoms with Gasteiger partial charge in [-0.2, -0.15) is 0 Å². The van der Waals surface area contributed by atoms with Gasteiger partial charge < -0.3 is 10.6 Å². The molecule has 0 aliphatic carbocycles. The quantitative estimate of drug-likeness (QED) is 0.774. The average Bonchev–Trinajstić information content (AvgIpc) is 3.08. The van der Waals surface area contributed by atoms with Crippen LogP contribution in [0, 0.1) is 5.92 Å². The molecule has 0 saturated heterocycles. The van der Waals surface area contributed by atoms with Gasteiger partial charge in [-0.1, -0.05) is 32.0 Å². The number of rotatable bonds is 7. The second-order valence-corrected chi connectivity index (χ2v) is 7.27. The summed E-state index contributed by atoms with van der Waals surface area (Å²) in [4.78, 5) is 25.4. The molecule has 0 bridgehead atoms. The van der Waals surface area contributed by atoms with Gasteiger partial charge in [0.2, 0.25) is 0 Å². The second-order valence-electron chi connectivity index (χ2n) is 6.32. The molecule has 1 unspecified atom stereocenters. The summed E-state index contributed by atoms with van der Waals surface area (Å²) >= 11 is 1.37. The van der Waals surface area contributed by atoms with Crippen LogP contribution in [0.2, 0.25) is 0 Å². The maximum atomic E-state index is 12.5.